The number of hydrogen-bond acceptors (Lipinski definition) is 4. The quantitative estimate of drug-likeness (QED) is 0.488. The van der Waals surface area contributed by atoms with E-state index in [1.807, 2.05) is 32.0 Å². The third-order valence-corrected chi connectivity index (χ3v) is 4.29. The van der Waals surface area contributed by atoms with E-state index in [1.165, 1.54) is 30.6 Å². The van der Waals surface area contributed by atoms with E-state index >= 15 is 0 Å². The van der Waals surface area contributed by atoms with Gasteiger partial charge in [0, 0.05) is 19.0 Å². The molecule has 22 heavy (non-hydrogen) atoms. The molecule has 0 atom stereocenters. The molecule has 0 N–H and O–H groups in total. The molecule has 0 radical (unpaired) electrons. The predicted molar refractivity (Wildman–Crippen MR) is 87.5 cm³/mol. The average Bonchev–Trinajstić information content (AvgIpc) is 2.90. The number of esters is 1. The molecule has 0 aliphatic heterocycles. The summed E-state index contributed by atoms with van der Waals surface area (Å²) in [6.07, 6.45) is 0. The number of hydrogen-bond donors (Lipinski definition) is 0. The summed E-state index contributed by atoms with van der Waals surface area (Å²) in [5, 5.41) is 0. The second kappa shape index (κ2) is 6.70. The molecule has 0 saturated carbocycles. The molecule has 1 aromatic heterocycles. The van der Waals surface area contributed by atoms with Crippen molar-refractivity contribution in [3.8, 4) is 10.4 Å². The fourth-order valence-corrected chi connectivity index (χ4v) is 2.75. The zero-order chi connectivity index (χ0) is 16.3. The summed E-state index contributed by atoms with van der Waals surface area (Å²) in [4.78, 5) is 19.5. The number of thiophene rings is 1. The van der Waals surface area contributed by atoms with Crippen molar-refractivity contribution in [1.29, 1.82) is 0 Å². The van der Waals surface area contributed by atoms with E-state index in [-0.39, 0.29) is 5.82 Å². The zero-order valence-electron chi connectivity index (χ0n) is 12.9. The van der Waals surface area contributed by atoms with Gasteiger partial charge in [0.05, 0.1) is 12.8 Å². The van der Waals surface area contributed by atoms with Crippen LogP contribution in [0.25, 0.3) is 10.4 Å². The molecule has 4 nitrogen and oxygen atoms in total. The Morgan fingerprint density at radius 2 is 1.91 bits per heavy atom. The average molecular weight is 320 g/mol. The van der Waals surface area contributed by atoms with Crippen LogP contribution in [-0.4, -0.2) is 37.9 Å². The first-order chi connectivity index (χ1) is 10.4. The number of halogens is 1. The molecule has 0 spiro atoms. The molecule has 2 rings (SSSR count). The number of rotatable bonds is 3. The Balaban J connectivity index is 2.50. The molecule has 0 fully saturated rings. The topological polar surface area (TPSA) is 41.9 Å². The van der Waals surface area contributed by atoms with Crippen LogP contribution in [0.5, 0.6) is 0 Å². The van der Waals surface area contributed by atoms with Gasteiger partial charge in [0.1, 0.15) is 16.5 Å². The van der Waals surface area contributed by atoms with Gasteiger partial charge in [0.25, 0.3) is 0 Å². The van der Waals surface area contributed by atoms with Crippen molar-refractivity contribution in [2.24, 2.45) is 4.99 Å². The van der Waals surface area contributed by atoms with Crippen molar-refractivity contribution >= 4 is 28.8 Å². The third kappa shape index (κ3) is 3.51. The van der Waals surface area contributed by atoms with E-state index in [9.17, 15) is 9.18 Å². The van der Waals surface area contributed by atoms with Crippen molar-refractivity contribution in [1.82, 2.24) is 4.90 Å². The molecule has 1 aromatic carbocycles. The molecule has 0 amide bonds. The van der Waals surface area contributed by atoms with Gasteiger partial charge < -0.3 is 9.64 Å². The minimum Gasteiger partial charge on any atom is -0.465 e. The molecule has 0 bridgehead atoms. The predicted octanol–water partition coefficient (Wildman–Crippen LogP) is 3.95. The normalized spacial score (nSPS) is 11.4. The fraction of sp³-hybridized carbons (Fsp3) is 0.250. The first kappa shape index (κ1) is 16.2. The summed E-state index contributed by atoms with van der Waals surface area (Å²) < 4.78 is 17.8. The summed E-state index contributed by atoms with van der Waals surface area (Å²) in [6, 6.07) is 7.95. The van der Waals surface area contributed by atoms with Crippen molar-refractivity contribution < 1.29 is 13.9 Å². The number of carbonyl (C=O) groups is 1. The van der Waals surface area contributed by atoms with E-state index in [4.69, 9.17) is 4.74 Å². The summed E-state index contributed by atoms with van der Waals surface area (Å²) in [5.74, 6) is 0.0486. The summed E-state index contributed by atoms with van der Waals surface area (Å²) in [7, 11) is 5.10. The fourth-order valence-electron chi connectivity index (χ4n) is 1.73. The monoisotopic (exact) mass is 320 g/mol. The van der Waals surface area contributed by atoms with E-state index in [0.29, 0.717) is 10.6 Å². The Labute approximate surface area is 132 Å². The number of carbonyl (C=O) groups excluding carboxylic acids is 1. The lowest BCUT2D eigenvalue weighted by Crippen LogP contribution is -2.17. The lowest BCUT2D eigenvalue weighted by Gasteiger charge is -2.10. The molecular formula is C16H17FN2O2S. The summed E-state index contributed by atoms with van der Waals surface area (Å²) >= 11 is 1.28. The Morgan fingerprint density at radius 1 is 1.27 bits per heavy atom. The highest BCUT2D eigenvalue weighted by molar-refractivity contribution is 7.18. The van der Waals surface area contributed by atoms with Gasteiger partial charge in [-0.1, -0.05) is 12.1 Å². The van der Waals surface area contributed by atoms with Crippen molar-refractivity contribution in [3.63, 3.8) is 0 Å². The maximum absolute atomic E-state index is 13.0. The Bertz CT molecular complexity index is 705. The van der Waals surface area contributed by atoms with E-state index in [1.54, 1.807) is 12.1 Å². The number of benzene rings is 1. The zero-order valence-corrected chi connectivity index (χ0v) is 13.7. The Morgan fingerprint density at radius 3 is 2.45 bits per heavy atom. The van der Waals surface area contributed by atoms with Crippen molar-refractivity contribution in [2.75, 3.05) is 21.2 Å². The van der Waals surface area contributed by atoms with Gasteiger partial charge in [-0.05, 0) is 30.7 Å². The number of aliphatic imine (C=N–C) groups is 1. The van der Waals surface area contributed by atoms with Crippen LogP contribution in [0.1, 0.15) is 16.6 Å². The van der Waals surface area contributed by atoms with E-state index in [2.05, 4.69) is 4.99 Å². The first-order valence-electron chi connectivity index (χ1n) is 6.63. The maximum Gasteiger partial charge on any atom is 0.350 e. The van der Waals surface area contributed by atoms with E-state index in [0.717, 1.165) is 16.3 Å². The van der Waals surface area contributed by atoms with Gasteiger partial charge in [-0.25, -0.2) is 14.2 Å². The van der Waals surface area contributed by atoms with Crippen LogP contribution in [0.3, 0.4) is 0 Å². The largest absolute Gasteiger partial charge is 0.465 e. The van der Waals surface area contributed by atoms with Gasteiger partial charge in [0.2, 0.25) is 0 Å². The molecule has 2 aromatic rings. The highest BCUT2D eigenvalue weighted by atomic mass is 32.1. The summed E-state index contributed by atoms with van der Waals surface area (Å²) in [5.41, 5.74) is 1.39. The highest BCUT2D eigenvalue weighted by Crippen LogP contribution is 2.37. The highest BCUT2D eigenvalue weighted by Gasteiger charge is 2.18. The van der Waals surface area contributed by atoms with Gasteiger partial charge in [-0.15, -0.1) is 11.3 Å². The molecular weight excluding hydrogens is 303 g/mol. The number of ether oxygens (including phenoxy) is 1. The second-order valence-corrected chi connectivity index (χ2v) is 5.93. The Hall–Kier alpha value is -2.21. The van der Waals surface area contributed by atoms with Gasteiger partial charge in [-0.2, -0.15) is 0 Å². The lowest BCUT2D eigenvalue weighted by atomic mass is 10.2. The molecule has 0 aliphatic rings. The maximum atomic E-state index is 13.0. The minimum absolute atomic E-state index is 0.296. The number of amidine groups is 1. The van der Waals surface area contributed by atoms with Gasteiger partial charge in [-0.3, -0.25) is 0 Å². The Kier molecular flexibility index (Phi) is 4.92. The van der Waals surface area contributed by atoms with Crippen LogP contribution >= 0.6 is 11.3 Å². The molecule has 6 heteroatoms. The number of methoxy groups -OCH3 is 1. The van der Waals surface area contributed by atoms with Crippen LogP contribution in [0.2, 0.25) is 0 Å². The first-order valence-corrected chi connectivity index (χ1v) is 7.44. The van der Waals surface area contributed by atoms with E-state index < -0.39 is 5.97 Å². The molecule has 0 unspecified atom stereocenters. The smallest absolute Gasteiger partial charge is 0.350 e. The van der Waals surface area contributed by atoms with Crippen LogP contribution in [-0.2, 0) is 4.74 Å². The SMILES string of the molecule is COC(=O)c1sc(-c2ccc(F)cc2)cc1N=C(C)N(C)C. The summed E-state index contributed by atoms with van der Waals surface area (Å²) in [6.45, 7) is 1.86. The minimum atomic E-state index is -0.427. The molecule has 0 aliphatic carbocycles. The van der Waals surface area contributed by atoms with Crippen molar-refractivity contribution in [2.45, 2.75) is 6.92 Å². The second-order valence-electron chi connectivity index (χ2n) is 4.88. The van der Waals surface area contributed by atoms with Crippen LogP contribution in [0.15, 0.2) is 35.3 Å². The molecule has 1 heterocycles. The van der Waals surface area contributed by atoms with Crippen LogP contribution in [0, 0.1) is 5.82 Å². The lowest BCUT2D eigenvalue weighted by molar-refractivity contribution is 0.0607. The standard InChI is InChI=1S/C16H17FN2O2S/c1-10(19(2)3)18-13-9-14(22-15(13)16(20)21-4)11-5-7-12(17)8-6-11/h5-9H,1-4H3. The molecule has 0 saturated heterocycles. The van der Waals surface area contributed by atoms with Crippen LogP contribution < -0.4 is 0 Å². The molecule has 116 valence electrons. The number of nitrogens with zero attached hydrogens (tertiary/aromatic N) is 2. The van der Waals surface area contributed by atoms with Crippen molar-refractivity contribution in [3.05, 3.63) is 41.0 Å². The third-order valence-electron chi connectivity index (χ3n) is 3.14. The van der Waals surface area contributed by atoms with Gasteiger partial charge in [0.15, 0.2) is 0 Å². The van der Waals surface area contributed by atoms with Gasteiger partial charge >= 0.3 is 5.97 Å². The van der Waals surface area contributed by atoms with Crippen LogP contribution in [0.4, 0.5) is 10.1 Å².